The number of nitrogens with zero attached hydrogens (tertiary/aromatic N) is 12. The van der Waals surface area contributed by atoms with Gasteiger partial charge >= 0.3 is 19.3 Å². The van der Waals surface area contributed by atoms with Crippen LogP contribution in [0.1, 0.15) is 49.9 Å². The molecule has 0 spiro atoms. The lowest BCUT2D eigenvalue weighted by Crippen LogP contribution is -2.41. The Morgan fingerprint density at radius 2 is 1.14 bits per heavy atom. The third-order valence-electron chi connectivity index (χ3n) is 13.1. The van der Waals surface area contributed by atoms with Crippen molar-refractivity contribution < 1.29 is 47.4 Å². The van der Waals surface area contributed by atoms with E-state index in [-0.39, 0.29) is 31.8 Å². The van der Waals surface area contributed by atoms with Gasteiger partial charge in [-0.3, -0.25) is 9.80 Å². The lowest BCUT2D eigenvalue weighted by atomic mass is 9.78. The number of hydrogen-bond donors (Lipinski definition) is 2. The van der Waals surface area contributed by atoms with E-state index >= 15 is 0 Å². The molecule has 0 saturated carbocycles. The summed E-state index contributed by atoms with van der Waals surface area (Å²) in [5.41, 5.74) is 6.05. The highest BCUT2D eigenvalue weighted by molar-refractivity contribution is 9.10. The van der Waals surface area contributed by atoms with Gasteiger partial charge in [0, 0.05) is 55.8 Å². The van der Waals surface area contributed by atoms with E-state index in [1.807, 2.05) is 52.9 Å². The molecular formula is C46H50BBrF2N12O8. The van der Waals surface area contributed by atoms with Crippen LogP contribution in [0.15, 0.2) is 77.3 Å². The van der Waals surface area contributed by atoms with Gasteiger partial charge in [0.1, 0.15) is 23.8 Å². The molecule has 20 nitrogen and oxygen atoms in total. The number of anilines is 4. The van der Waals surface area contributed by atoms with Crippen LogP contribution >= 0.6 is 15.9 Å². The van der Waals surface area contributed by atoms with E-state index in [1.165, 1.54) is 33.1 Å². The van der Waals surface area contributed by atoms with Gasteiger partial charge in [0.15, 0.2) is 0 Å². The minimum atomic E-state index is -0.806. The number of cyclic esters (lactones) is 2. The maximum absolute atomic E-state index is 14.9. The molecule has 2 aromatic heterocycles. The van der Waals surface area contributed by atoms with Crippen LogP contribution in [0.5, 0.6) is 0 Å². The second-order valence-corrected chi connectivity index (χ2v) is 19.3. The van der Waals surface area contributed by atoms with Gasteiger partial charge in [0.25, 0.3) is 0 Å². The molecule has 2 atom stereocenters. The Bertz CT molecular complexity index is 2930. The number of benzene rings is 4. The van der Waals surface area contributed by atoms with E-state index in [9.17, 15) is 23.5 Å². The van der Waals surface area contributed by atoms with Crippen molar-refractivity contribution in [1.82, 2.24) is 40.4 Å². The van der Waals surface area contributed by atoms with Crippen LogP contribution in [0.25, 0.3) is 11.1 Å². The number of carbonyl (C=O) groups is 2. The largest absolute Gasteiger partial charge is 0.497 e. The first kappa shape index (κ1) is 48.4. The van der Waals surface area contributed by atoms with Crippen LogP contribution in [0.4, 0.5) is 41.6 Å². The van der Waals surface area contributed by atoms with Crippen molar-refractivity contribution in [3.05, 3.63) is 111 Å². The summed E-state index contributed by atoms with van der Waals surface area (Å²) in [7, 11) is 2.84. The molecule has 7 heterocycles. The van der Waals surface area contributed by atoms with E-state index in [2.05, 4.69) is 75.0 Å². The Hall–Kier alpha value is -6.60. The highest BCUT2D eigenvalue weighted by Crippen LogP contribution is 2.38. The number of halogens is 3. The van der Waals surface area contributed by atoms with E-state index in [1.54, 1.807) is 40.7 Å². The standard InChI is InChI=1S/C20H19FN6O3.C16H21BFNO5.C10H10BrN5/c1-25-19(22-23-24-25)26-8-13-3-2-12(6-14(13)9-26)17-5-4-15(7-18(17)21)27-10-16(11-28)30-20(27)29;1-15(2)16(3,4)24-17(23-15)12-6-5-10(7-13(12)18)19-8-11(9-20)22-14(19)21;1-15-10(12-13-14-15)16-5-7-2-3-9(11)4-8(7)6-16/h2-7,16,28H,8-11H2,1H3;5-7,11,20H,8-9H2,1-4H3;2-4H,5-6H2,1H3/t16-;;/m1../s1. The maximum Gasteiger partial charge on any atom is 0.497 e. The normalized spacial score (nSPS) is 19.7. The fourth-order valence-corrected chi connectivity index (χ4v) is 9.01. The monoisotopic (exact) mass is 1030 g/mol. The molecule has 0 radical (unpaired) electrons. The number of hydrogen-bond acceptors (Lipinski definition) is 16. The van der Waals surface area contributed by atoms with Crippen molar-refractivity contribution in [3.8, 4) is 11.1 Å². The van der Waals surface area contributed by atoms with Gasteiger partial charge in [-0.25, -0.2) is 27.7 Å². The Kier molecular flexibility index (Phi) is 13.4. The van der Waals surface area contributed by atoms with Gasteiger partial charge in [0.2, 0.25) is 11.9 Å². The molecule has 4 aromatic carbocycles. The Morgan fingerprint density at radius 1 is 0.657 bits per heavy atom. The average molecular weight is 1030 g/mol. The van der Waals surface area contributed by atoms with Gasteiger partial charge in [-0.2, -0.15) is 0 Å². The molecule has 0 bridgehead atoms. The Balaban J connectivity index is 0.000000136. The summed E-state index contributed by atoms with van der Waals surface area (Å²) >= 11 is 3.48. The van der Waals surface area contributed by atoms with Crippen molar-refractivity contribution in [1.29, 1.82) is 0 Å². The maximum atomic E-state index is 14.9. The summed E-state index contributed by atoms with van der Waals surface area (Å²) in [5.74, 6) is 0.542. The van der Waals surface area contributed by atoms with Crippen LogP contribution in [0, 0.1) is 11.6 Å². The number of fused-ring (bicyclic) bond motifs is 2. The summed E-state index contributed by atoms with van der Waals surface area (Å²) in [4.78, 5) is 30.6. The number of aliphatic hydroxyl groups excluding tert-OH is 2. The number of aliphatic hydroxyl groups is 2. The van der Waals surface area contributed by atoms with Crippen LogP contribution in [-0.4, -0.2) is 120 Å². The number of rotatable bonds is 8. The third-order valence-corrected chi connectivity index (χ3v) is 13.6. The summed E-state index contributed by atoms with van der Waals surface area (Å²) in [6, 6.07) is 21.3. The lowest BCUT2D eigenvalue weighted by Gasteiger charge is -2.32. The van der Waals surface area contributed by atoms with E-state index < -0.39 is 54.3 Å². The zero-order valence-electron chi connectivity index (χ0n) is 39.2. The molecule has 3 fully saturated rings. The number of carbonyl (C=O) groups excluding carboxylic acids is 2. The first-order valence-electron chi connectivity index (χ1n) is 22.4. The average Bonchev–Trinajstić information content (AvgIpc) is 4.20. The molecule has 70 heavy (non-hydrogen) atoms. The second kappa shape index (κ2) is 19.3. The van der Waals surface area contributed by atoms with Gasteiger partial charge < -0.3 is 38.8 Å². The molecule has 366 valence electrons. The van der Waals surface area contributed by atoms with Crippen LogP contribution in [0.2, 0.25) is 0 Å². The van der Waals surface area contributed by atoms with Gasteiger partial charge in [-0.15, -0.1) is 0 Å². The van der Waals surface area contributed by atoms with Gasteiger partial charge in [0.05, 0.1) is 48.9 Å². The van der Waals surface area contributed by atoms with Crippen LogP contribution in [-0.2, 0) is 59.1 Å². The van der Waals surface area contributed by atoms with Gasteiger partial charge in [-0.1, -0.05) is 50.4 Å². The molecular weight excluding hydrogens is 977 g/mol. The minimum absolute atomic E-state index is 0.185. The van der Waals surface area contributed by atoms with Crippen molar-refractivity contribution in [2.45, 2.75) is 77.3 Å². The predicted octanol–water partition coefficient (Wildman–Crippen LogP) is 4.79. The quantitative estimate of drug-likeness (QED) is 0.196. The molecule has 2 amide bonds. The molecule has 6 aromatic rings. The molecule has 2 N–H and O–H groups in total. The first-order chi connectivity index (χ1) is 33.4. The van der Waals surface area contributed by atoms with Gasteiger partial charge in [-0.05, 0) is 125 Å². The Morgan fingerprint density at radius 3 is 1.61 bits per heavy atom. The molecule has 5 aliphatic rings. The molecule has 5 aliphatic heterocycles. The minimum Gasteiger partial charge on any atom is -0.441 e. The molecule has 3 saturated heterocycles. The van der Waals surface area contributed by atoms with Crippen molar-refractivity contribution >= 4 is 64.0 Å². The summed E-state index contributed by atoms with van der Waals surface area (Å²) in [5, 5.41) is 41.4. The van der Waals surface area contributed by atoms with Crippen LogP contribution < -0.4 is 25.1 Å². The smallest absolute Gasteiger partial charge is 0.441 e. The first-order valence-corrected chi connectivity index (χ1v) is 23.2. The predicted molar refractivity (Wildman–Crippen MR) is 255 cm³/mol. The molecule has 24 heteroatoms. The number of ether oxygens (including phenoxy) is 2. The summed E-state index contributed by atoms with van der Waals surface area (Å²) < 4.78 is 55.6. The van der Waals surface area contributed by atoms with E-state index in [4.69, 9.17) is 23.9 Å². The fraction of sp³-hybridized carbons (Fsp3) is 0.391. The van der Waals surface area contributed by atoms with E-state index in [0.29, 0.717) is 36.0 Å². The number of tetrazole rings is 2. The van der Waals surface area contributed by atoms with E-state index in [0.717, 1.165) is 40.2 Å². The number of aryl methyl sites for hydroxylation is 2. The van der Waals surface area contributed by atoms with Crippen molar-refractivity contribution in [3.63, 3.8) is 0 Å². The second-order valence-electron chi connectivity index (χ2n) is 18.4. The highest BCUT2D eigenvalue weighted by Gasteiger charge is 2.52. The molecule has 11 rings (SSSR count). The Labute approximate surface area is 409 Å². The summed E-state index contributed by atoms with van der Waals surface area (Å²) in [6.45, 7) is 10.5. The molecule has 0 aliphatic carbocycles. The highest BCUT2D eigenvalue weighted by atomic mass is 79.9. The lowest BCUT2D eigenvalue weighted by molar-refractivity contribution is 0.00578. The SMILES string of the molecule is CC1(C)OB(c2ccc(N3CC(CO)OC3=O)cc2F)OC1(C)C.Cn1nnnc1N1Cc2ccc(-c3ccc(N4C[C@H](CO)OC4=O)cc3F)cc2C1.Cn1nnnc1N1Cc2ccc(Br)cc2C1. The molecule has 1 unspecified atom stereocenters. The third kappa shape index (κ3) is 9.65. The zero-order chi connectivity index (χ0) is 49.6. The van der Waals surface area contributed by atoms with Crippen molar-refractivity contribution in [2.75, 3.05) is 45.9 Å². The fourth-order valence-electron chi connectivity index (χ4n) is 8.60. The summed E-state index contributed by atoms with van der Waals surface area (Å²) in [6.07, 6.45) is -2.37. The van der Waals surface area contributed by atoms with Crippen LogP contribution in [0.3, 0.4) is 0 Å². The number of amides is 2. The zero-order valence-corrected chi connectivity index (χ0v) is 40.7. The number of aromatic nitrogens is 8. The van der Waals surface area contributed by atoms with Crippen molar-refractivity contribution in [2.24, 2.45) is 14.1 Å². The topological polar surface area (TPSA) is 212 Å².